The summed E-state index contributed by atoms with van der Waals surface area (Å²) in [5.41, 5.74) is 0.977. The lowest BCUT2D eigenvalue weighted by molar-refractivity contribution is 0.419. The standard InChI is InChI=1S/C7H8ClNO/c8-4-2-1-3-7-5-9-10-6-7/h1,3,5-6H,2,4H2. The maximum atomic E-state index is 5.45. The van der Waals surface area contributed by atoms with Crippen molar-refractivity contribution in [3.8, 4) is 0 Å². The van der Waals surface area contributed by atoms with Crippen LogP contribution in [0, 0.1) is 0 Å². The van der Waals surface area contributed by atoms with Crippen LogP contribution in [0.3, 0.4) is 0 Å². The Kier molecular flexibility index (Phi) is 3.03. The lowest BCUT2D eigenvalue weighted by Gasteiger charge is -1.80. The van der Waals surface area contributed by atoms with E-state index in [4.69, 9.17) is 11.6 Å². The monoisotopic (exact) mass is 157 g/mol. The molecule has 54 valence electrons. The Morgan fingerprint density at radius 3 is 3.20 bits per heavy atom. The van der Waals surface area contributed by atoms with Crippen LogP contribution in [0.1, 0.15) is 12.0 Å². The van der Waals surface area contributed by atoms with Gasteiger partial charge >= 0.3 is 0 Å². The lowest BCUT2D eigenvalue weighted by atomic mass is 10.3. The lowest BCUT2D eigenvalue weighted by Crippen LogP contribution is -1.66. The summed E-state index contributed by atoms with van der Waals surface area (Å²) in [4.78, 5) is 0. The molecule has 0 N–H and O–H groups in total. The number of allylic oxidation sites excluding steroid dienone is 1. The van der Waals surface area contributed by atoms with Crippen molar-refractivity contribution < 1.29 is 4.52 Å². The zero-order chi connectivity index (χ0) is 7.23. The summed E-state index contributed by atoms with van der Waals surface area (Å²) in [5, 5.41) is 3.54. The fourth-order valence-corrected chi connectivity index (χ4v) is 0.704. The first kappa shape index (κ1) is 7.35. The molecule has 0 aliphatic rings. The molecule has 0 atom stereocenters. The normalized spacial score (nSPS) is 10.9. The molecule has 1 heterocycles. The van der Waals surface area contributed by atoms with Gasteiger partial charge in [-0.2, -0.15) is 0 Å². The van der Waals surface area contributed by atoms with Gasteiger partial charge in [-0.25, -0.2) is 0 Å². The highest BCUT2D eigenvalue weighted by Gasteiger charge is 1.85. The van der Waals surface area contributed by atoms with Gasteiger partial charge in [0.1, 0.15) is 6.26 Å². The molecular formula is C7H8ClNO. The molecule has 0 saturated heterocycles. The fraction of sp³-hybridized carbons (Fsp3) is 0.286. The van der Waals surface area contributed by atoms with Gasteiger partial charge in [-0.05, 0) is 6.42 Å². The van der Waals surface area contributed by atoms with Crippen LogP contribution in [0.2, 0.25) is 0 Å². The van der Waals surface area contributed by atoms with E-state index in [-0.39, 0.29) is 0 Å². The van der Waals surface area contributed by atoms with Crippen molar-refractivity contribution in [2.75, 3.05) is 5.88 Å². The molecule has 2 nitrogen and oxygen atoms in total. The number of nitrogens with zero attached hydrogens (tertiary/aromatic N) is 1. The van der Waals surface area contributed by atoms with Crippen LogP contribution in [0.5, 0.6) is 0 Å². The Hall–Kier alpha value is -0.760. The van der Waals surface area contributed by atoms with Gasteiger partial charge in [-0.15, -0.1) is 11.6 Å². The van der Waals surface area contributed by atoms with Crippen molar-refractivity contribution in [1.82, 2.24) is 5.16 Å². The van der Waals surface area contributed by atoms with Gasteiger partial charge in [-0.3, -0.25) is 0 Å². The Bertz CT molecular complexity index is 193. The van der Waals surface area contributed by atoms with Gasteiger partial charge in [0.2, 0.25) is 0 Å². The number of alkyl halides is 1. The van der Waals surface area contributed by atoms with Gasteiger partial charge in [-0.1, -0.05) is 17.3 Å². The Labute approximate surface area is 64.5 Å². The molecule has 0 spiro atoms. The van der Waals surface area contributed by atoms with Crippen molar-refractivity contribution in [1.29, 1.82) is 0 Å². The van der Waals surface area contributed by atoms with Crippen LogP contribution >= 0.6 is 11.6 Å². The molecule has 0 saturated carbocycles. The number of hydrogen-bond acceptors (Lipinski definition) is 2. The summed E-state index contributed by atoms with van der Waals surface area (Å²) in [6, 6.07) is 0. The molecule has 1 rings (SSSR count). The second-order valence-electron chi connectivity index (χ2n) is 1.84. The van der Waals surface area contributed by atoms with Crippen molar-refractivity contribution in [3.05, 3.63) is 24.1 Å². The van der Waals surface area contributed by atoms with E-state index in [1.165, 1.54) is 0 Å². The Morgan fingerprint density at radius 2 is 2.60 bits per heavy atom. The number of halogens is 1. The molecule has 0 aliphatic heterocycles. The molecule has 1 aromatic heterocycles. The number of aromatic nitrogens is 1. The van der Waals surface area contributed by atoms with Crippen molar-refractivity contribution in [2.24, 2.45) is 0 Å². The Balaban J connectivity index is 2.40. The first-order valence-electron chi connectivity index (χ1n) is 3.05. The average molecular weight is 158 g/mol. The topological polar surface area (TPSA) is 26.0 Å². The van der Waals surface area contributed by atoms with Crippen molar-refractivity contribution in [3.63, 3.8) is 0 Å². The van der Waals surface area contributed by atoms with Crippen LogP contribution in [0.25, 0.3) is 6.08 Å². The van der Waals surface area contributed by atoms with Gasteiger partial charge in [0, 0.05) is 11.4 Å². The summed E-state index contributed by atoms with van der Waals surface area (Å²) in [5.74, 6) is 0.655. The van der Waals surface area contributed by atoms with Gasteiger partial charge in [0.25, 0.3) is 0 Å². The smallest absolute Gasteiger partial charge is 0.131 e. The van der Waals surface area contributed by atoms with E-state index in [1.807, 2.05) is 12.2 Å². The van der Waals surface area contributed by atoms with Crippen LogP contribution in [0.15, 0.2) is 23.1 Å². The summed E-state index contributed by atoms with van der Waals surface area (Å²) in [7, 11) is 0. The minimum Gasteiger partial charge on any atom is -0.364 e. The maximum absolute atomic E-state index is 5.45. The van der Waals surface area contributed by atoms with Crippen LogP contribution in [0.4, 0.5) is 0 Å². The molecule has 0 fully saturated rings. The molecule has 0 aliphatic carbocycles. The van der Waals surface area contributed by atoms with E-state index in [1.54, 1.807) is 12.5 Å². The van der Waals surface area contributed by atoms with Crippen molar-refractivity contribution >= 4 is 17.7 Å². The van der Waals surface area contributed by atoms with E-state index in [9.17, 15) is 0 Å². The molecule has 3 heteroatoms. The molecule has 0 radical (unpaired) electrons. The van der Waals surface area contributed by atoms with E-state index < -0.39 is 0 Å². The first-order valence-corrected chi connectivity index (χ1v) is 3.59. The van der Waals surface area contributed by atoms with Gasteiger partial charge in [0.15, 0.2) is 0 Å². The molecule has 0 bridgehead atoms. The summed E-state index contributed by atoms with van der Waals surface area (Å²) in [6.45, 7) is 0. The van der Waals surface area contributed by atoms with E-state index in [0.29, 0.717) is 5.88 Å². The van der Waals surface area contributed by atoms with Crippen LogP contribution in [-0.4, -0.2) is 11.0 Å². The predicted molar refractivity (Wildman–Crippen MR) is 40.9 cm³/mol. The zero-order valence-corrected chi connectivity index (χ0v) is 6.21. The minimum atomic E-state index is 0.655. The predicted octanol–water partition coefficient (Wildman–Crippen LogP) is 2.32. The van der Waals surface area contributed by atoms with E-state index in [2.05, 4.69) is 9.68 Å². The molecule has 10 heavy (non-hydrogen) atoms. The summed E-state index contributed by atoms with van der Waals surface area (Å²) < 4.78 is 4.61. The molecule has 0 unspecified atom stereocenters. The van der Waals surface area contributed by atoms with Gasteiger partial charge in [0.05, 0.1) is 6.20 Å². The molecule has 0 aromatic carbocycles. The fourth-order valence-electron chi connectivity index (χ4n) is 0.578. The highest BCUT2D eigenvalue weighted by molar-refractivity contribution is 6.17. The minimum absolute atomic E-state index is 0.655. The largest absolute Gasteiger partial charge is 0.364 e. The molecular weight excluding hydrogens is 150 g/mol. The number of rotatable bonds is 3. The van der Waals surface area contributed by atoms with Gasteiger partial charge < -0.3 is 4.52 Å². The quantitative estimate of drug-likeness (QED) is 0.630. The summed E-state index contributed by atoms with van der Waals surface area (Å²) >= 11 is 5.45. The summed E-state index contributed by atoms with van der Waals surface area (Å²) in [6.07, 6.45) is 8.04. The molecule has 0 amide bonds. The second kappa shape index (κ2) is 4.12. The third-order valence-corrected chi connectivity index (χ3v) is 1.26. The van der Waals surface area contributed by atoms with Crippen LogP contribution in [-0.2, 0) is 0 Å². The third-order valence-electron chi connectivity index (χ3n) is 1.04. The average Bonchev–Trinajstić information content (AvgIpc) is 2.41. The van der Waals surface area contributed by atoms with Crippen LogP contribution < -0.4 is 0 Å². The van der Waals surface area contributed by atoms with E-state index >= 15 is 0 Å². The molecule has 1 aromatic rings. The number of hydrogen-bond donors (Lipinski definition) is 0. The second-order valence-corrected chi connectivity index (χ2v) is 2.22. The maximum Gasteiger partial charge on any atom is 0.131 e. The highest BCUT2D eigenvalue weighted by atomic mass is 35.5. The highest BCUT2D eigenvalue weighted by Crippen LogP contribution is 2.00. The zero-order valence-electron chi connectivity index (χ0n) is 5.46. The van der Waals surface area contributed by atoms with Crippen molar-refractivity contribution in [2.45, 2.75) is 6.42 Å². The SMILES string of the molecule is ClCCC=Cc1cnoc1. The van der Waals surface area contributed by atoms with E-state index in [0.717, 1.165) is 12.0 Å². The first-order chi connectivity index (χ1) is 4.93. The third kappa shape index (κ3) is 2.23. The Morgan fingerprint density at radius 1 is 1.70 bits per heavy atom.